The molecule has 0 N–H and O–H groups in total. The van der Waals surface area contributed by atoms with Crippen molar-refractivity contribution in [2.24, 2.45) is 0 Å². The average Bonchev–Trinajstić information content (AvgIpc) is 3.01. The molecule has 3 aromatic rings. The Morgan fingerprint density at radius 3 is 2.39 bits per heavy atom. The molecule has 3 rings (SSSR count). The number of hydrogen-bond donors (Lipinski definition) is 0. The molecule has 0 unspecified atom stereocenters. The second kappa shape index (κ2) is 4.71. The van der Waals surface area contributed by atoms with Crippen molar-refractivity contribution >= 4 is 22.7 Å². The molecule has 0 fully saturated rings. The van der Waals surface area contributed by atoms with Crippen LogP contribution in [0.3, 0.4) is 0 Å². The van der Waals surface area contributed by atoms with E-state index in [1.54, 1.807) is 11.3 Å². The molecule has 0 aliphatic carbocycles. The van der Waals surface area contributed by atoms with Crippen LogP contribution in [0.25, 0.3) is 20.2 Å². The molecule has 2 heterocycles. The Hall–Kier alpha value is -1.38. The minimum absolute atomic E-state index is 1.36. The van der Waals surface area contributed by atoms with Gasteiger partial charge in [-0.15, -0.1) is 22.7 Å². The van der Waals surface area contributed by atoms with E-state index in [1.165, 1.54) is 31.3 Å². The summed E-state index contributed by atoms with van der Waals surface area (Å²) in [6, 6.07) is 15.3. The summed E-state index contributed by atoms with van der Waals surface area (Å²) in [5, 5.41) is 2.13. The summed E-state index contributed by atoms with van der Waals surface area (Å²) in [4.78, 5) is 4.08. The standard InChI is InChI=1S/C16H14S2/c1-11-5-3-6-13(12(11)2)14-8-9-16(18-14)15-7-4-10-17-15/h3-10H,1-2H3. The minimum atomic E-state index is 1.36. The predicted molar refractivity (Wildman–Crippen MR) is 82.5 cm³/mol. The lowest BCUT2D eigenvalue weighted by atomic mass is 10.0. The fourth-order valence-corrected chi connectivity index (χ4v) is 3.98. The maximum absolute atomic E-state index is 2.24. The Bertz CT molecular complexity index is 660. The van der Waals surface area contributed by atoms with Gasteiger partial charge >= 0.3 is 0 Å². The van der Waals surface area contributed by atoms with Crippen LogP contribution in [0.4, 0.5) is 0 Å². The van der Waals surface area contributed by atoms with Gasteiger partial charge in [0, 0.05) is 14.6 Å². The molecule has 0 saturated carbocycles. The van der Waals surface area contributed by atoms with Crippen LogP contribution < -0.4 is 0 Å². The number of hydrogen-bond acceptors (Lipinski definition) is 2. The summed E-state index contributed by atoms with van der Waals surface area (Å²) in [6.07, 6.45) is 0. The topological polar surface area (TPSA) is 0 Å². The SMILES string of the molecule is Cc1cccc(-c2ccc(-c3cccs3)s2)c1C. The zero-order valence-electron chi connectivity index (χ0n) is 10.4. The lowest BCUT2D eigenvalue weighted by Crippen LogP contribution is -1.83. The summed E-state index contributed by atoms with van der Waals surface area (Å²) < 4.78 is 0. The molecule has 0 aliphatic rings. The Kier molecular flexibility index (Phi) is 3.06. The summed E-state index contributed by atoms with van der Waals surface area (Å²) in [6.45, 7) is 4.38. The first-order valence-corrected chi connectivity index (χ1v) is 7.65. The van der Waals surface area contributed by atoms with Gasteiger partial charge < -0.3 is 0 Å². The second-order valence-corrected chi connectivity index (χ2v) is 6.42. The van der Waals surface area contributed by atoms with Crippen molar-refractivity contribution in [1.82, 2.24) is 0 Å². The lowest BCUT2D eigenvalue weighted by Gasteiger charge is -2.05. The maximum Gasteiger partial charge on any atom is 0.0449 e. The third kappa shape index (κ3) is 2.02. The first-order valence-electron chi connectivity index (χ1n) is 5.96. The zero-order valence-corrected chi connectivity index (χ0v) is 12.1. The first-order chi connectivity index (χ1) is 8.75. The predicted octanol–water partition coefficient (Wildman–Crippen LogP) is 5.76. The first kappa shape index (κ1) is 11.7. The Morgan fingerprint density at radius 2 is 1.61 bits per heavy atom. The molecule has 18 heavy (non-hydrogen) atoms. The molecule has 0 aliphatic heterocycles. The quantitative estimate of drug-likeness (QED) is 0.555. The normalized spacial score (nSPS) is 10.8. The molecule has 0 saturated heterocycles. The lowest BCUT2D eigenvalue weighted by molar-refractivity contribution is 1.35. The molecule has 0 radical (unpaired) electrons. The average molecular weight is 270 g/mol. The van der Waals surface area contributed by atoms with Crippen LogP contribution in [0.5, 0.6) is 0 Å². The van der Waals surface area contributed by atoms with Crippen molar-refractivity contribution in [2.45, 2.75) is 13.8 Å². The van der Waals surface area contributed by atoms with E-state index in [0.29, 0.717) is 0 Å². The third-order valence-electron chi connectivity index (χ3n) is 3.24. The van der Waals surface area contributed by atoms with Gasteiger partial charge in [-0.05, 0) is 54.1 Å². The van der Waals surface area contributed by atoms with E-state index in [0.717, 1.165) is 0 Å². The van der Waals surface area contributed by atoms with Gasteiger partial charge in [0.1, 0.15) is 0 Å². The van der Waals surface area contributed by atoms with Crippen LogP contribution in [0, 0.1) is 13.8 Å². The Balaban J connectivity index is 2.06. The molecule has 1 aromatic carbocycles. The molecule has 0 amide bonds. The monoisotopic (exact) mass is 270 g/mol. The Morgan fingerprint density at radius 1 is 0.778 bits per heavy atom. The van der Waals surface area contributed by atoms with E-state index in [4.69, 9.17) is 0 Å². The number of aryl methyl sites for hydroxylation is 1. The van der Waals surface area contributed by atoms with E-state index in [1.807, 2.05) is 11.3 Å². The van der Waals surface area contributed by atoms with Gasteiger partial charge in [0.2, 0.25) is 0 Å². The summed E-state index contributed by atoms with van der Waals surface area (Å²) in [7, 11) is 0. The molecule has 0 atom stereocenters. The van der Waals surface area contributed by atoms with Gasteiger partial charge in [0.05, 0.1) is 0 Å². The summed E-state index contributed by atoms with van der Waals surface area (Å²) in [5.74, 6) is 0. The Labute approximate surface area is 116 Å². The van der Waals surface area contributed by atoms with Crippen molar-refractivity contribution in [2.75, 3.05) is 0 Å². The molecule has 0 bridgehead atoms. The fourth-order valence-electron chi connectivity index (χ4n) is 2.05. The van der Waals surface area contributed by atoms with Crippen molar-refractivity contribution in [3.63, 3.8) is 0 Å². The zero-order chi connectivity index (χ0) is 12.5. The van der Waals surface area contributed by atoms with Crippen molar-refractivity contribution in [1.29, 1.82) is 0 Å². The number of thiophene rings is 2. The van der Waals surface area contributed by atoms with Gasteiger partial charge in [0.25, 0.3) is 0 Å². The highest BCUT2D eigenvalue weighted by molar-refractivity contribution is 7.23. The van der Waals surface area contributed by atoms with E-state index < -0.39 is 0 Å². The van der Waals surface area contributed by atoms with Gasteiger partial charge in [-0.2, -0.15) is 0 Å². The third-order valence-corrected chi connectivity index (χ3v) is 5.42. The van der Waals surface area contributed by atoms with E-state index in [2.05, 4.69) is 61.7 Å². The maximum atomic E-state index is 2.24. The van der Waals surface area contributed by atoms with Gasteiger partial charge in [-0.3, -0.25) is 0 Å². The molecule has 0 spiro atoms. The van der Waals surface area contributed by atoms with Crippen LogP contribution in [0.2, 0.25) is 0 Å². The largest absolute Gasteiger partial charge is 0.143 e. The van der Waals surface area contributed by atoms with E-state index in [-0.39, 0.29) is 0 Å². The van der Waals surface area contributed by atoms with Gasteiger partial charge in [0.15, 0.2) is 0 Å². The van der Waals surface area contributed by atoms with Crippen molar-refractivity contribution in [3.05, 3.63) is 59.0 Å². The number of rotatable bonds is 2. The van der Waals surface area contributed by atoms with E-state index >= 15 is 0 Å². The highest BCUT2D eigenvalue weighted by Gasteiger charge is 2.08. The van der Waals surface area contributed by atoms with Crippen LogP contribution >= 0.6 is 22.7 Å². The highest BCUT2D eigenvalue weighted by atomic mass is 32.1. The van der Waals surface area contributed by atoms with Crippen LogP contribution in [0.15, 0.2) is 47.8 Å². The molecular weight excluding hydrogens is 256 g/mol. The van der Waals surface area contributed by atoms with Crippen molar-refractivity contribution < 1.29 is 0 Å². The van der Waals surface area contributed by atoms with Gasteiger partial charge in [-0.25, -0.2) is 0 Å². The van der Waals surface area contributed by atoms with Crippen molar-refractivity contribution in [3.8, 4) is 20.2 Å². The highest BCUT2D eigenvalue weighted by Crippen LogP contribution is 2.37. The van der Waals surface area contributed by atoms with E-state index in [9.17, 15) is 0 Å². The molecule has 2 aromatic heterocycles. The van der Waals surface area contributed by atoms with Gasteiger partial charge in [-0.1, -0.05) is 24.3 Å². The summed E-state index contributed by atoms with van der Waals surface area (Å²) >= 11 is 3.68. The van der Waals surface area contributed by atoms with Crippen LogP contribution in [-0.4, -0.2) is 0 Å². The fraction of sp³-hybridized carbons (Fsp3) is 0.125. The minimum Gasteiger partial charge on any atom is -0.143 e. The van der Waals surface area contributed by atoms with Crippen LogP contribution in [0.1, 0.15) is 11.1 Å². The molecule has 0 nitrogen and oxygen atoms in total. The molecule has 2 heteroatoms. The second-order valence-electron chi connectivity index (χ2n) is 4.39. The summed E-state index contributed by atoms with van der Waals surface area (Å²) in [5.41, 5.74) is 4.11. The molecular formula is C16H14S2. The number of benzene rings is 1. The molecule has 90 valence electrons. The smallest absolute Gasteiger partial charge is 0.0449 e. The van der Waals surface area contributed by atoms with Crippen LogP contribution in [-0.2, 0) is 0 Å².